The lowest BCUT2D eigenvalue weighted by atomic mass is 10.1. The van der Waals surface area contributed by atoms with Gasteiger partial charge in [-0.25, -0.2) is 9.79 Å². The number of thioether (sulfide) groups is 1. The van der Waals surface area contributed by atoms with Gasteiger partial charge in [0, 0.05) is 18.7 Å². The minimum atomic E-state index is -0.646. The van der Waals surface area contributed by atoms with Gasteiger partial charge in [-0.15, -0.1) is 0 Å². The molecular formula is C29H29N3O5S. The fraction of sp³-hybridized carbons (Fsp3) is 0.241. The molecule has 0 aliphatic carbocycles. The number of carbonyl (C=O) groups excluding carboxylic acids is 3. The standard InChI is InChI=1S/C29H29N3O5S/c1-3-37-28(35)21-11-13-23(14-12-21)30-27(34)25-19-26(33)32(18-17-20-9-15-24(36-2)16-10-20)29(38-25)31-22-7-5-4-6-8-22/h4-16,25H,3,17-19H2,1-2H3,(H,30,34). The van der Waals surface area contributed by atoms with Crippen LogP contribution in [0, 0.1) is 0 Å². The van der Waals surface area contributed by atoms with Gasteiger partial charge in [0.1, 0.15) is 11.0 Å². The van der Waals surface area contributed by atoms with Crippen molar-refractivity contribution in [1.29, 1.82) is 0 Å². The molecule has 1 heterocycles. The van der Waals surface area contributed by atoms with Crippen LogP contribution in [0.5, 0.6) is 5.75 Å². The highest BCUT2D eigenvalue weighted by molar-refractivity contribution is 8.15. The first-order valence-electron chi connectivity index (χ1n) is 12.3. The predicted octanol–water partition coefficient (Wildman–Crippen LogP) is 5.07. The van der Waals surface area contributed by atoms with Crippen LogP contribution >= 0.6 is 11.8 Å². The van der Waals surface area contributed by atoms with Crippen molar-refractivity contribution in [3.8, 4) is 5.75 Å². The third-order valence-electron chi connectivity index (χ3n) is 5.86. The van der Waals surface area contributed by atoms with Crippen LogP contribution in [-0.2, 0) is 20.7 Å². The molecule has 0 spiro atoms. The van der Waals surface area contributed by atoms with E-state index in [1.54, 1.807) is 43.2 Å². The second-order valence-electron chi connectivity index (χ2n) is 8.47. The molecule has 1 saturated heterocycles. The molecule has 2 amide bonds. The topological polar surface area (TPSA) is 97.3 Å². The summed E-state index contributed by atoms with van der Waals surface area (Å²) in [5, 5.41) is 2.69. The van der Waals surface area contributed by atoms with Gasteiger partial charge in [0.2, 0.25) is 11.8 Å². The Hall–Kier alpha value is -4.11. The SMILES string of the molecule is CCOC(=O)c1ccc(NC(=O)C2CC(=O)N(CCc3ccc(OC)cc3)C(=Nc3ccccc3)S2)cc1. The number of rotatable bonds is 9. The molecule has 0 saturated carbocycles. The Kier molecular flexibility index (Phi) is 9.16. The third-order valence-corrected chi connectivity index (χ3v) is 7.05. The number of carbonyl (C=O) groups is 3. The number of anilines is 1. The van der Waals surface area contributed by atoms with E-state index in [1.807, 2.05) is 54.6 Å². The van der Waals surface area contributed by atoms with Crippen molar-refractivity contribution in [3.05, 3.63) is 90.0 Å². The molecule has 1 aliphatic heterocycles. The normalized spacial score (nSPS) is 16.3. The summed E-state index contributed by atoms with van der Waals surface area (Å²) in [7, 11) is 1.62. The maximum absolute atomic E-state index is 13.2. The summed E-state index contributed by atoms with van der Waals surface area (Å²) in [5.41, 5.74) is 2.69. The molecule has 9 heteroatoms. The lowest BCUT2D eigenvalue weighted by Gasteiger charge is -2.32. The number of amidine groups is 1. The minimum absolute atomic E-state index is 0.0494. The molecule has 3 aromatic carbocycles. The maximum atomic E-state index is 13.2. The number of nitrogens with zero attached hydrogens (tertiary/aromatic N) is 2. The summed E-state index contributed by atoms with van der Waals surface area (Å²) in [5.74, 6) is -0.114. The van der Waals surface area contributed by atoms with Crippen LogP contribution in [0.2, 0.25) is 0 Å². The van der Waals surface area contributed by atoms with Gasteiger partial charge in [-0.05, 0) is 67.4 Å². The number of nitrogens with one attached hydrogen (secondary N) is 1. The van der Waals surface area contributed by atoms with Crippen LogP contribution in [0.15, 0.2) is 83.9 Å². The lowest BCUT2D eigenvalue weighted by Crippen LogP contribution is -2.46. The zero-order valence-electron chi connectivity index (χ0n) is 21.3. The Labute approximate surface area is 226 Å². The van der Waals surface area contributed by atoms with E-state index in [0.29, 0.717) is 35.1 Å². The molecule has 0 bridgehead atoms. The molecule has 1 unspecified atom stereocenters. The Balaban J connectivity index is 1.48. The van der Waals surface area contributed by atoms with Crippen LogP contribution in [0.4, 0.5) is 11.4 Å². The number of aliphatic imine (C=N–C) groups is 1. The smallest absolute Gasteiger partial charge is 0.338 e. The van der Waals surface area contributed by atoms with E-state index in [-0.39, 0.29) is 24.8 Å². The zero-order chi connectivity index (χ0) is 26.9. The van der Waals surface area contributed by atoms with Crippen molar-refractivity contribution < 1.29 is 23.9 Å². The van der Waals surface area contributed by atoms with Gasteiger partial charge >= 0.3 is 5.97 Å². The van der Waals surface area contributed by atoms with E-state index in [9.17, 15) is 14.4 Å². The van der Waals surface area contributed by atoms with E-state index in [4.69, 9.17) is 14.5 Å². The lowest BCUT2D eigenvalue weighted by molar-refractivity contribution is -0.129. The maximum Gasteiger partial charge on any atom is 0.338 e. The number of hydrogen-bond donors (Lipinski definition) is 1. The molecular weight excluding hydrogens is 502 g/mol. The highest BCUT2D eigenvalue weighted by Crippen LogP contribution is 2.30. The van der Waals surface area contributed by atoms with Crippen molar-refractivity contribution in [1.82, 2.24) is 4.90 Å². The predicted molar refractivity (Wildman–Crippen MR) is 149 cm³/mol. The first-order chi connectivity index (χ1) is 18.5. The van der Waals surface area contributed by atoms with Crippen LogP contribution in [-0.4, -0.2) is 53.4 Å². The minimum Gasteiger partial charge on any atom is -0.497 e. The van der Waals surface area contributed by atoms with Gasteiger partial charge in [0.25, 0.3) is 0 Å². The average Bonchev–Trinajstić information content (AvgIpc) is 2.94. The molecule has 0 radical (unpaired) electrons. The average molecular weight is 532 g/mol. The molecule has 0 aromatic heterocycles. The van der Waals surface area contributed by atoms with Gasteiger partial charge in [-0.2, -0.15) is 0 Å². The summed E-state index contributed by atoms with van der Waals surface area (Å²) >= 11 is 1.27. The monoisotopic (exact) mass is 531 g/mol. The highest BCUT2D eigenvalue weighted by atomic mass is 32.2. The number of amides is 2. The van der Waals surface area contributed by atoms with Crippen LogP contribution in [0.3, 0.4) is 0 Å². The fourth-order valence-corrected chi connectivity index (χ4v) is 4.96. The Morgan fingerprint density at radius 3 is 2.39 bits per heavy atom. The van der Waals surface area contributed by atoms with Crippen LogP contribution in [0.25, 0.3) is 0 Å². The fourth-order valence-electron chi connectivity index (χ4n) is 3.83. The molecule has 1 fully saturated rings. The molecule has 1 aliphatic rings. The molecule has 196 valence electrons. The van der Waals surface area contributed by atoms with Crippen LogP contribution in [0.1, 0.15) is 29.3 Å². The van der Waals surface area contributed by atoms with Crippen molar-refractivity contribution >= 4 is 46.1 Å². The van der Waals surface area contributed by atoms with E-state index in [1.165, 1.54) is 11.8 Å². The molecule has 1 atom stereocenters. The first-order valence-corrected chi connectivity index (χ1v) is 13.2. The molecule has 3 aromatic rings. The summed E-state index contributed by atoms with van der Waals surface area (Å²) < 4.78 is 10.2. The number of esters is 1. The molecule has 8 nitrogen and oxygen atoms in total. The van der Waals surface area contributed by atoms with E-state index < -0.39 is 11.2 Å². The molecule has 4 rings (SSSR count). The molecule has 38 heavy (non-hydrogen) atoms. The molecule has 1 N–H and O–H groups in total. The summed E-state index contributed by atoms with van der Waals surface area (Å²) in [6.07, 6.45) is 0.682. The highest BCUT2D eigenvalue weighted by Gasteiger charge is 2.35. The Bertz CT molecular complexity index is 1290. The summed E-state index contributed by atoms with van der Waals surface area (Å²) in [6, 6.07) is 23.5. The van der Waals surface area contributed by atoms with Gasteiger partial charge < -0.3 is 14.8 Å². The van der Waals surface area contributed by atoms with Crippen molar-refractivity contribution in [3.63, 3.8) is 0 Å². The van der Waals surface area contributed by atoms with Gasteiger partial charge in [-0.1, -0.05) is 42.1 Å². The Morgan fingerprint density at radius 2 is 1.74 bits per heavy atom. The quantitative estimate of drug-likeness (QED) is 0.387. The van der Waals surface area contributed by atoms with Gasteiger partial charge in [0.15, 0.2) is 5.17 Å². The largest absolute Gasteiger partial charge is 0.497 e. The third kappa shape index (κ3) is 7.01. The zero-order valence-corrected chi connectivity index (χ0v) is 22.1. The Morgan fingerprint density at radius 1 is 1.03 bits per heavy atom. The van der Waals surface area contributed by atoms with E-state index in [0.717, 1.165) is 11.3 Å². The van der Waals surface area contributed by atoms with Gasteiger partial charge in [0.05, 0.1) is 25.0 Å². The number of benzene rings is 3. The number of para-hydroxylation sites is 1. The van der Waals surface area contributed by atoms with E-state index >= 15 is 0 Å². The second-order valence-corrected chi connectivity index (χ2v) is 9.64. The summed E-state index contributed by atoms with van der Waals surface area (Å²) in [6.45, 7) is 2.47. The van der Waals surface area contributed by atoms with Crippen LogP contribution < -0.4 is 10.1 Å². The number of ether oxygens (including phenoxy) is 2. The van der Waals surface area contributed by atoms with E-state index in [2.05, 4.69) is 5.32 Å². The first kappa shape index (κ1) is 26.9. The number of hydrogen-bond acceptors (Lipinski definition) is 7. The number of methoxy groups -OCH3 is 1. The summed E-state index contributed by atoms with van der Waals surface area (Å²) in [4.78, 5) is 44.6. The van der Waals surface area contributed by atoms with Crippen molar-refractivity contribution in [2.45, 2.75) is 25.0 Å². The van der Waals surface area contributed by atoms with Crippen molar-refractivity contribution in [2.24, 2.45) is 4.99 Å². The van der Waals surface area contributed by atoms with Gasteiger partial charge in [-0.3, -0.25) is 14.5 Å². The second kappa shape index (κ2) is 12.9. The van der Waals surface area contributed by atoms with Crippen molar-refractivity contribution in [2.75, 3.05) is 25.6 Å².